The topological polar surface area (TPSA) is 58.6 Å². The standard InChI is InChI=1S/C25H18F6N2O3/c1-12-6-20(36-11-19-18-7-13-4-2-3-5-17(13)21(18)32-22(19)34)33(23(12)35)16-9-14(24(26,27)28)8-15(10-16)25(29,30)31/h2-6,8-11,18,20-21H,7H2,1H3,(H,32,34)/b19-11+. The van der Waals surface area contributed by atoms with Crippen LogP contribution >= 0.6 is 0 Å². The van der Waals surface area contributed by atoms with Crippen molar-refractivity contribution in [2.75, 3.05) is 4.90 Å². The summed E-state index contributed by atoms with van der Waals surface area (Å²) in [6.07, 6.45) is -8.52. The highest BCUT2D eigenvalue weighted by atomic mass is 19.4. The van der Waals surface area contributed by atoms with E-state index in [4.69, 9.17) is 4.74 Å². The van der Waals surface area contributed by atoms with Crippen LogP contribution in [0.25, 0.3) is 0 Å². The number of rotatable bonds is 3. The van der Waals surface area contributed by atoms with E-state index >= 15 is 0 Å². The molecule has 3 aliphatic rings. The molecule has 2 amide bonds. The second-order valence-corrected chi connectivity index (χ2v) is 8.85. The van der Waals surface area contributed by atoms with Gasteiger partial charge in [0, 0.05) is 17.2 Å². The molecule has 11 heteroatoms. The van der Waals surface area contributed by atoms with E-state index in [1.54, 1.807) is 0 Å². The molecule has 0 aromatic heterocycles. The smallest absolute Gasteiger partial charge is 0.416 e. The average Bonchev–Trinajstić information content (AvgIpc) is 3.40. The molecule has 188 valence electrons. The molecule has 1 N–H and O–H groups in total. The molecule has 3 unspecified atom stereocenters. The SMILES string of the molecule is CC1=CC(O/C=C2/C(=O)NC3c4ccccc4CC23)N(c2cc(C(F)(F)F)cc(C(F)(F)F)c2)C1=O. The van der Waals surface area contributed by atoms with E-state index in [1.807, 2.05) is 24.3 Å². The Hall–Kier alpha value is -3.76. The Balaban J connectivity index is 1.48. The zero-order chi connectivity index (χ0) is 26.0. The third-order valence-electron chi connectivity index (χ3n) is 6.57. The fourth-order valence-electron chi connectivity index (χ4n) is 4.85. The number of nitrogens with zero attached hydrogens (tertiary/aromatic N) is 1. The highest BCUT2D eigenvalue weighted by Gasteiger charge is 2.45. The molecule has 1 fully saturated rings. The number of hydrogen-bond donors (Lipinski definition) is 1. The molecule has 1 saturated heterocycles. The molecule has 2 aliphatic heterocycles. The number of alkyl halides is 6. The van der Waals surface area contributed by atoms with Gasteiger partial charge in [0.1, 0.15) is 0 Å². The maximum absolute atomic E-state index is 13.4. The molecular formula is C25H18F6N2O3. The van der Waals surface area contributed by atoms with E-state index in [2.05, 4.69) is 5.32 Å². The minimum Gasteiger partial charge on any atom is -0.474 e. The summed E-state index contributed by atoms with van der Waals surface area (Å²) in [6.45, 7) is 1.37. The second-order valence-electron chi connectivity index (χ2n) is 8.85. The molecule has 0 saturated carbocycles. The number of nitrogens with one attached hydrogen (secondary N) is 1. The molecule has 3 atom stereocenters. The van der Waals surface area contributed by atoms with Crippen LogP contribution in [0.5, 0.6) is 0 Å². The molecular weight excluding hydrogens is 490 g/mol. The van der Waals surface area contributed by atoms with Crippen LogP contribution in [0.3, 0.4) is 0 Å². The summed E-state index contributed by atoms with van der Waals surface area (Å²) >= 11 is 0. The molecule has 0 bridgehead atoms. The quantitative estimate of drug-likeness (QED) is 0.349. The Morgan fingerprint density at radius 2 is 1.64 bits per heavy atom. The van der Waals surface area contributed by atoms with Crippen LogP contribution in [0.1, 0.15) is 35.2 Å². The van der Waals surface area contributed by atoms with Gasteiger partial charge in [0.2, 0.25) is 0 Å². The number of halogens is 6. The van der Waals surface area contributed by atoms with Crippen LogP contribution in [0.2, 0.25) is 0 Å². The van der Waals surface area contributed by atoms with Gasteiger partial charge in [-0.15, -0.1) is 0 Å². The van der Waals surface area contributed by atoms with E-state index in [0.29, 0.717) is 23.5 Å². The van der Waals surface area contributed by atoms with E-state index in [9.17, 15) is 35.9 Å². The number of carbonyl (C=O) groups excluding carboxylic acids is 2. The Bertz CT molecular complexity index is 1300. The van der Waals surface area contributed by atoms with E-state index < -0.39 is 47.2 Å². The van der Waals surface area contributed by atoms with Crippen molar-refractivity contribution in [2.45, 2.75) is 38.0 Å². The van der Waals surface area contributed by atoms with Gasteiger partial charge in [-0.05, 0) is 48.7 Å². The van der Waals surface area contributed by atoms with E-state index in [1.165, 1.54) is 13.0 Å². The van der Waals surface area contributed by atoms with Crippen LogP contribution in [0, 0.1) is 5.92 Å². The first-order valence-electron chi connectivity index (χ1n) is 10.9. The average molecular weight is 508 g/mol. The second kappa shape index (κ2) is 8.14. The Labute approximate surface area is 201 Å². The number of amides is 2. The molecule has 36 heavy (non-hydrogen) atoms. The van der Waals surface area contributed by atoms with Crippen molar-refractivity contribution in [3.63, 3.8) is 0 Å². The predicted octanol–water partition coefficient (Wildman–Crippen LogP) is 5.29. The number of hydrogen-bond acceptors (Lipinski definition) is 3. The van der Waals surface area contributed by atoms with Gasteiger partial charge in [-0.1, -0.05) is 24.3 Å². The Kier molecular flexibility index (Phi) is 5.42. The van der Waals surface area contributed by atoms with Gasteiger partial charge in [-0.25, -0.2) is 0 Å². The fourth-order valence-corrected chi connectivity index (χ4v) is 4.85. The Morgan fingerprint density at radius 1 is 1.00 bits per heavy atom. The molecule has 2 aromatic carbocycles. The van der Waals surface area contributed by atoms with Crippen LogP contribution in [0.4, 0.5) is 32.0 Å². The summed E-state index contributed by atoms with van der Waals surface area (Å²) in [7, 11) is 0. The number of carbonyl (C=O) groups is 2. The lowest BCUT2D eigenvalue weighted by Crippen LogP contribution is -2.36. The van der Waals surface area contributed by atoms with Crippen molar-refractivity contribution in [1.29, 1.82) is 0 Å². The first kappa shape index (κ1) is 24.0. The summed E-state index contributed by atoms with van der Waals surface area (Å²) in [5.41, 5.74) is -1.35. The van der Waals surface area contributed by atoms with Crippen LogP contribution in [-0.4, -0.2) is 18.0 Å². The lowest BCUT2D eigenvalue weighted by molar-refractivity contribution is -0.143. The third-order valence-corrected chi connectivity index (χ3v) is 6.57. The first-order chi connectivity index (χ1) is 16.8. The largest absolute Gasteiger partial charge is 0.474 e. The molecule has 2 aromatic rings. The summed E-state index contributed by atoms with van der Waals surface area (Å²) in [5.74, 6) is -1.46. The van der Waals surface area contributed by atoms with Crippen molar-refractivity contribution in [1.82, 2.24) is 5.32 Å². The minimum absolute atomic E-state index is 0.0110. The summed E-state index contributed by atoms with van der Waals surface area (Å²) in [4.78, 5) is 26.0. The van der Waals surface area contributed by atoms with E-state index in [-0.39, 0.29) is 29.2 Å². The molecule has 0 spiro atoms. The lowest BCUT2D eigenvalue weighted by atomic mass is 9.97. The van der Waals surface area contributed by atoms with Crippen molar-refractivity contribution in [2.24, 2.45) is 5.92 Å². The normalized spacial score (nSPS) is 24.6. The van der Waals surface area contributed by atoms with E-state index in [0.717, 1.165) is 17.4 Å². The van der Waals surface area contributed by atoms with Crippen molar-refractivity contribution < 1.29 is 40.7 Å². The lowest BCUT2D eigenvalue weighted by Gasteiger charge is -2.26. The van der Waals surface area contributed by atoms with Gasteiger partial charge < -0.3 is 10.1 Å². The van der Waals surface area contributed by atoms with Crippen LogP contribution < -0.4 is 10.2 Å². The van der Waals surface area contributed by atoms with Gasteiger partial charge in [0.25, 0.3) is 11.8 Å². The van der Waals surface area contributed by atoms with Crippen LogP contribution in [-0.2, 0) is 33.1 Å². The van der Waals surface area contributed by atoms with Gasteiger partial charge in [0.15, 0.2) is 6.23 Å². The zero-order valence-electron chi connectivity index (χ0n) is 18.6. The number of fused-ring (bicyclic) bond motifs is 3. The summed E-state index contributed by atoms with van der Waals surface area (Å²) in [5, 5.41) is 2.87. The number of anilines is 1. The Morgan fingerprint density at radius 3 is 2.28 bits per heavy atom. The first-order valence-corrected chi connectivity index (χ1v) is 10.9. The highest BCUT2D eigenvalue weighted by Crippen LogP contribution is 2.44. The highest BCUT2D eigenvalue weighted by molar-refractivity contribution is 6.08. The monoisotopic (exact) mass is 508 g/mol. The number of ether oxygens (including phenoxy) is 1. The van der Waals surface area contributed by atoms with Gasteiger partial charge in [0.05, 0.1) is 29.0 Å². The maximum atomic E-state index is 13.4. The molecule has 5 nitrogen and oxygen atoms in total. The van der Waals surface area contributed by atoms with Crippen molar-refractivity contribution >= 4 is 17.5 Å². The van der Waals surface area contributed by atoms with Gasteiger partial charge in [-0.3, -0.25) is 14.5 Å². The molecule has 2 heterocycles. The maximum Gasteiger partial charge on any atom is 0.416 e. The van der Waals surface area contributed by atoms with Gasteiger partial charge in [-0.2, -0.15) is 26.3 Å². The minimum atomic E-state index is -5.08. The number of benzene rings is 2. The fraction of sp³-hybridized carbons (Fsp3) is 0.280. The van der Waals surface area contributed by atoms with Crippen molar-refractivity contribution in [3.8, 4) is 0 Å². The summed E-state index contributed by atoms with van der Waals surface area (Å²) < 4.78 is 85.8. The van der Waals surface area contributed by atoms with Crippen molar-refractivity contribution in [3.05, 3.63) is 88.2 Å². The van der Waals surface area contributed by atoms with Gasteiger partial charge >= 0.3 is 12.4 Å². The summed E-state index contributed by atoms with van der Waals surface area (Å²) in [6, 6.07) is 8.23. The molecule has 1 aliphatic carbocycles. The predicted molar refractivity (Wildman–Crippen MR) is 115 cm³/mol. The molecule has 5 rings (SSSR count). The zero-order valence-corrected chi connectivity index (χ0v) is 18.6. The third kappa shape index (κ3) is 4.02. The molecule has 0 radical (unpaired) electrons. The van der Waals surface area contributed by atoms with Crippen LogP contribution in [0.15, 0.2) is 65.9 Å².